The van der Waals surface area contributed by atoms with Crippen LogP contribution in [0.15, 0.2) is 0 Å². The Morgan fingerprint density at radius 2 is 2.00 bits per heavy atom. The van der Waals surface area contributed by atoms with Crippen molar-refractivity contribution in [3.05, 3.63) is 0 Å². The molecule has 0 aliphatic heterocycles. The van der Waals surface area contributed by atoms with Crippen LogP contribution in [0.4, 0.5) is 0 Å². The Morgan fingerprint density at radius 1 is 1.29 bits per heavy atom. The molecular weight excluding hydrogens is 212 g/mol. The molecule has 0 saturated heterocycles. The van der Waals surface area contributed by atoms with Gasteiger partial charge in [-0.15, -0.1) is 0 Å². The third-order valence-corrected chi connectivity index (χ3v) is 4.38. The minimum absolute atomic E-state index is 0.145. The summed E-state index contributed by atoms with van der Waals surface area (Å²) in [5.74, 6) is 0.776. The van der Waals surface area contributed by atoms with Gasteiger partial charge in [-0.1, -0.05) is 13.8 Å². The zero-order valence-electron chi connectivity index (χ0n) is 11.4. The van der Waals surface area contributed by atoms with Crippen molar-refractivity contribution in [2.45, 2.75) is 70.0 Å². The minimum Gasteiger partial charge on any atom is -0.394 e. The van der Waals surface area contributed by atoms with Gasteiger partial charge in [0.05, 0.1) is 6.61 Å². The van der Waals surface area contributed by atoms with E-state index in [1.165, 1.54) is 32.2 Å². The van der Waals surface area contributed by atoms with Crippen molar-refractivity contribution in [1.29, 1.82) is 0 Å². The largest absolute Gasteiger partial charge is 0.394 e. The average Bonchev–Trinajstić information content (AvgIpc) is 3.03. The molecule has 0 heterocycles. The van der Waals surface area contributed by atoms with Gasteiger partial charge >= 0.3 is 0 Å². The maximum Gasteiger partial charge on any atom is 0.0611 e. The molecule has 0 bridgehead atoms. The van der Waals surface area contributed by atoms with Crippen molar-refractivity contribution in [2.75, 3.05) is 13.2 Å². The number of aliphatic hydroxyl groups is 1. The first-order chi connectivity index (χ1) is 8.04. The van der Waals surface area contributed by atoms with Crippen molar-refractivity contribution < 1.29 is 5.11 Å². The van der Waals surface area contributed by atoms with E-state index in [1.807, 2.05) is 0 Å². The van der Waals surface area contributed by atoms with E-state index in [1.54, 1.807) is 0 Å². The fourth-order valence-electron chi connectivity index (χ4n) is 3.03. The van der Waals surface area contributed by atoms with Gasteiger partial charge in [0.1, 0.15) is 0 Å². The number of nitrogens with zero attached hydrogens (tertiary/aromatic N) is 1. The molecule has 0 radical (unpaired) electrons. The Labute approximate surface area is 105 Å². The molecule has 0 aromatic heterocycles. The number of hydrogen-bond donors (Lipinski definition) is 2. The molecule has 2 atom stereocenters. The van der Waals surface area contributed by atoms with Crippen LogP contribution >= 0.6 is 0 Å². The summed E-state index contributed by atoms with van der Waals surface area (Å²) in [4.78, 5) is 2.68. The molecule has 3 nitrogen and oxygen atoms in total. The Hall–Kier alpha value is -0.120. The number of nitrogens with two attached hydrogens (primary N) is 1. The van der Waals surface area contributed by atoms with E-state index in [0.29, 0.717) is 6.04 Å². The van der Waals surface area contributed by atoms with Crippen molar-refractivity contribution in [1.82, 2.24) is 4.90 Å². The van der Waals surface area contributed by atoms with E-state index in [4.69, 9.17) is 5.73 Å². The molecule has 0 aromatic carbocycles. The van der Waals surface area contributed by atoms with Crippen LogP contribution in [0.25, 0.3) is 0 Å². The lowest BCUT2D eigenvalue weighted by Gasteiger charge is -2.31. The molecule has 3 heteroatoms. The summed E-state index contributed by atoms with van der Waals surface area (Å²) in [5.41, 5.74) is 5.89. The van der Waals surface area contributed by atoms with E-state index in [0.717, 1.165) is 24.8 Å². The number of hydrogen-bond acceptors (Lipinski definition) is 3. The Balaban J connectivity index is 1.89. The van der Waals surface area contributed by atoms with E-state index >= 15 is 0 Å². The maximum absolute atomic E-state index is 9.35. The van der Waals surface area contributed by atoms with Crippen molar-refractivity contribution in [3.8, 4) is 0 Å². The highest BCUT2D eigenvalue weighted by atomic mass is 16.3. The fraction of sp³-hybridized carbons (Fsp3) is 1.00. The third-order valence-electron chi connectivity index (χ3n) is 4.38. The second-order valence-corrected chi connectivity index (χ2v) is 6.57. The van der Waals surface area contributed by atoms with Gasteiger partial charge in [0.25, 0.3) is 0 Å². The van der Waals surface area contributed by atoms with E-state index in [2.05, 4.69) is 18.7 Å². The van der Waals surface area contributed by atoms with E-state index in [-0.39, 0.29) is 12.1 Å². The molecule has 17 heavy (non-hydrogen) atoms. The van der Waals surface area contributed by atoms with Gasteiger partial charge < -0.3 is 10.8 Å². The third kappa shape index (κ3) is 3.43. The molecule has 0 aromatic rings. The van der Waals surface area contributed by atoms with Crippen molar-refractivity contribution >= 4 is 0 Å². The van der Waals surface area contributed by atoms with E-state index < -0.39 is 0 Å². The number of aliphatic hydroxyl groups excluding tert-OH is 1. The SMILES string of the molecule is CC(C)CCN(C1CC1)C1CCC(N)(CO)C1. The molecule has 2 saturated carbocycles. The zero-order valence-corrected chi connectivity index (χ0v) is 11.4. The summed E-state index contributed by atoms with van der Waals surface area (Å²) in [5, 5.41) is 9.35. The van der Waals surface area contributed by atoms with Crippen molar-refractivity contribution in [2.24, 2.45) is 11.7 Å². The van der Waals surface area contributed by atoms with Crippen LogP contribution in [0.3, 0.4) is 0 Å². The van der Waals surface area contributed by atoms with Crippen molar-refractivity contribution in [3.63, 3.8) is 0 Å². The highest BCUT2D eigenvalue weighted by Gasteiger charge is 2.42. The van der Waals surface area contributed by atoms with Gasteiger partial charge in [0, 0.05) is 17.6 Å². The normalized spacial score (nSPS) is 33.9. The molecule has 2 unspecified atom stereocenters. The van der Waals surface area contributed by atoms with Crippen LogP contribution in [-0.4, -0.2) is 40.8 Å². The van der Waals surface area contributed by atoms with Gasteiger partial charge in [-0.25, -0.2) is 0 Å². The second kappa shape index (κ2) is 5.25. The maximum atomic E-state index is 9.35. The average molecular weight is 240 g/mol. The Morgan fingerprint density at radius 3 is 2.47 bits per heavy atom. The van der Waals surface area contributed by atoms with Crippen LogP contribution in [-0.2, 0) is 0 Å². The molecule has 0 spiro atoms. The molecule has 2 aliphatic rings. The summed E-state index contributed by atoms with van der Waals surface area (Å²) >= 11 is 0. The van der Waals surface area contributed by atoms with Crippen LogP contribution in [0.1, 0.15) is 52.4 Å². The predicted molar refractivity (Wildman–Crippen MR) is 70.8 cm³/mol. The zero-order chi connectivity index (χ0) is 12.5. The first-order valence-corrected chi connectivity index (χ1v) is 7.19. The van der Waals surface area contributed by atoms with Crippen LogP contribution in [0.2, 0.25) is 0 Å². The Kier molecular flexibility index (Phi) is 4.11. The highest BCUT2D eigenvalue weighted by molar-refractivity contribution is 5.00. The first kappa shape index (κ1) is 13.3. The fourth-order valence-corrected chi connectivity index (χ4v) is 3.03. The lowest BCUT2D eigenvalue weighted by Crippen LogP contribution is -2.44. The molecule has 0 amide bonds. The van der Waals surface area contributed by atoms with Gasteiger partial charge in [-0.3, -0.25) is 4.90 Å². The number of rotatable bonds is 6. The quantitative estimate of drug-likeness (QED) is 0.743. The summed E-state index contributed by atoms with van der Waals surface area (Å²) in [6.45, 7) is 5.95. The molecule has 2 fully saturated rings. The molecular formula is C14H28N2O. The van der Waals surface area contributed by atoms with Crippen LogP contribution < -0.4 is 5.73 Å². The van der Waals surface area contributed by atoms with E-state index in [9.17, 15) is 5.11 Å². The first-order valence-electron chi connectivity index (χ1n) is 7.19. The summed E-state index contributed by atoms with van der Waals surface area (Å²) in [6, 6.07) is 1.44. The van der Waals surface area contributed by atoms with Crippen LogP contribution in [0, 0.1) is 5.92 Å². The van der Waals surface area contributed by atoms with Gasteiger partial charge in [0.2, 0.25) is 0 Å². The Bertz CT molecular complexity index is 253. The van der Waals surface area contributed by atoms with Gasteiger partial charge in [-0.05, 0) is 51.0 Å². The monoisotopic (exact) mass is 240 g/mol. The predicted octanol–water partition coefficient (Wildman–Crippen LogP) is 1.74. The molecule has 2 rings (SSSR count). The van der Waals surface area contributed by atoms with Gasteiger partial charge in [-0.2, -0.15) is 0 Å². The van der Waals surface area contributed by atoms with Crippen LogP contribution in [0.5, 0.6) is 0 Å². The summed E-state index contributed by atoms with van der Waals surface area (Å²) < 4.78 is 0. The molecule has 3 N–H and O–H groups in total. The topological polar surface area (TPSA) is 49.5 Å². The second-order valence-electron chi connectivity index (χ2n) is 6.57. The standard InChI is InChI=1S/C14H28N2O/c1-11(2)6-8-16(12-3-4-12)13-5-7-14(15,9-13)10-17/h11-13,17H,3-10,15H2,1-2H3. The minimum atomic E-state index is -0.296. The van der Waals surface area contributed by atoms with Gasteiger partial charge in [0.15, 0.2) is 0 Å². The lowest BCUT2D eigenvalue weighted by atomic mass is 10.00. The lowest BCUT2D eigenvalue weighted by molar-refractivity contribution is 0.154. The highest BCUT2D eigenvalue weighted by Crippen LogP contribution is 2.37. The molecule has 100 valence electrons. The summed E-state index contributed by atoms with van der Waals surface area (Å²) in [6.07, 6.45) is 7.16. The smallest absolute Gasteiger partial charge is 0.0611 e. The molecule has 2 aliphatic carbocycles. The summed E-state index contributed by atoms with van der Waals surface area (Å²) in [7, 11) is 0.